The van der Waals surface area contributed by atoms with Crippen LogP contribution in [0.15, 0.2) is 10.5 Å². The summed E-state index contributed by atoms with van der Waals surface area (Å²) in [4.78, 5) is 1.33. The minimum absolute atomic E-state index is 0.958. The third-order valence-corrected chi connectivity index (χ3v) is 5.09. The molecule has 4 heteroatoms. The molecule has 0 aliphatic heterocycles. The zero-order valence-corrected chi connectivity index (χ0v) is 12.0. The van der Waals surface area contributed by atoms with E-state index in [-0.39, 0.29) is 0 Å². The van der Waals surface area contributed by atoms with Gasteiger partial charge in [0.1, 0.15) is 0 Å². The Balaban J connectivity index is 1.67. The van der Waals surface area contributed by atoms with Crippen LogP contribution >= 0.6 is 27.3 Å². The van der Waals surface area contributed by atoms with E-state index in [1.54, 1.807) is 18.4 Å². The molecule has 0 radical (unpaired) electrons. The number of hydrogen-bond acceptors (Lipinski definition) is 3. The van der Waals surface area contributed by atoms with Crippen molar-refractivity contribution in [3.05, 3.63) is 15.4 Å². The molecule has 1 aliphatic carbocycles. The molecule has 1 aromatic rings. The average molecular weight is 304 g/mol. The Bertz CT molecular complexity index is 336. The van der Waals surface area contributed by atoms with E-state index >= 15 is 0 Å². The highest BCUT2D eigenvalue weighted by atomic mass is 79.9. The SMILES string of the molecule is COc1sc(CNCCC2CCC2)cc1Br. The minimum atomic E-state index is 0.958. The molecule has 0 bridgehead atoms. The molecule has 0 amide bonds. The van der Waals surface area contributed by atoms with E-state index < -0.39 is 0 Å². The lowest BCUT2D eigenvalue weighted by Crippen LogP contribution is -2.20. The van der Waals surface area contributed by atoms with E-state index in [0.29, 0.717) is 0 Å². The zero-order chi connectivity index (χ0) is 11.4. The summed E-state index contributed by atoms with van der Waals surface area (Å²) in [7, 11) is 1.71. The van der Waals surface area contributed by atoms with Gasteiger partial charge in [0.25, 0.3) is 0 Å². The first-order valence-corrected chi connectivity index (χ1v) is 7.43. The van der Waals surface area contributed by atoms with Crippen LogP contribution in [0.4, 0.5) is 0 Å². The molecule has 2 nitrogen and oxygen atoms in total. The molecule has 1 fully saturated rings. The first-order valence-electron chi connectivity index (χ1n) is 5.82. The molecule has 1 heterocycles. The van der Waals surface area contributed by atoms with E-state index in [4.69, 9.17) is 4.74 Å². The number of thiophene rings is 1. The van der Waals surface area contributed by atoms with Crippen LogP contribution in [-0.2, 0) is 6.54 Å². The largest absolute Gasteiger partial charge is 0.486 e. The molecule has 0 unspecified atom stereocenters. The van der Waals surface area contributed by atoms with Crippen molar-refractivity contribution in [3.63, 3.8) is 0 Å². The Morgan fingerprint density at radius 3 is 2.94 bits per heavy atom. The van der Waals surface area contributed by atoms with Crippen molar-refractivity contribution in [2.75, 3.05) is 13.7 Å². The maximum atomic E-state index is 5.24. The summed E-state index contributed by atoms with van der Waals surface area (Å²) < 4.78 is 6.31. The third kappa shape index (κ3) is 3.22. The van der Waals surface area contributed by atoms with Crippen LogP contribution in [0.3, 0.4) is 0 Å². The van der Waals surface area contributed by atoms with Gasteiger partial charge < -0.3 is 10.1 Å². The fraction of sp³-hybridized carbons (Fsp3) is 0.667. The minimum Gasteiger partial charge on any atom is -0.486 e. The molecule has 16 heavy (non-hydrogen) atoms. The molecule has 0 atom stereocenters. The maximum Gasteiger partial charge on any atom is 0.188 e. The molecule has 0 aromatic carbocycles. The van der Waals surface area contributed by atoms with Crippen molar-refractivity contribution < 1.29 is 4.74 Å². The second-order valence-electron chi connectivity index (χ2n) is 4.31. The number of nitrogens with one attached hydrogen (secondary N) is 1. The Kier molecular flexibility index (Phi) is 4.67. The summed E-state index contributed by atoms with van der Waals surface area (Å²) in [6.45, 7) is 2.10. The standard InChI is InChI=1S/C12H18BrNOS/c1-15-12-11(13)7-10(16-12)8-14-6-5-9-3-2-4-9/h7,9,14H,2-6,8H2,1H3. The number of rotatable bonds is 6. The van der Waals surface area contributed by atoms with Crippen LogP contribution in [0.5, 0.6) is 5.06 Å². The van der Waals surface area contributed by atoms with Gasteiger partial charge in [-0.15, -0.1) is 11.3 Å². The number of ether oxygens (including phenoxy) is 1. The van der Waals surface area contributed by atoms with Crippen molar-refractivity contribution in [1.29, 1.82) is 0 Å². The summed E-state index contributed by atoms with van der Waals surface area (Å²) in [5.41, 5.74) is 0. The van der Waals surface area contributed by atoms with Crippen LogP contribution in [0.2, 0.25) is 0 Å². The Morgan fingerprint density at radius 1 is 1.56 bits per heavy atom. The van der Waals surface area contributed by atoms with E-state index in [2.05, 4.69) is 27.3 Å². The first kappa shape index (κ1) is 12.4. The highest BCUT2D eigenvalue weighted by molar-refractivity contribution is 9.10. The van der Waals surface area contributed by atoms with Crippen molar-refractivity contribution in [2.24, 2.45) is 5.92 Å². The summed E-state index contributed by atoms with van der Waals surface area (Å²) in [6.07, 6.45) is 5.67. The van der Waals surface area contributed by atoms with Gasteiger partial charge in [0, 0.05) is 11.4 Å². The molecule has 0 spiro atoms. The molecule has 90 valence electrons. The van der Waals surface area contributed by atoms with Gasteiger partial charge in [-0.3, -0.25) is 0 Å². The molecule has 1 N–H and O–H groups in total. The lowest BCUT2D eigenvalue weighted by molar-refractivity contribution is 0.292. The first-order chi connectivity index (χ1) is 7.79. The molecule has 1 saturated carbocycles. The maximum absolute atomic E-state index is 5.24. The quantitative estimate of drug-likeness (QED) is 0.807. The van der Waals surface area contributed by atoms with Gasteiger partial charge in [0.2, 0.25) is 0 Å². The summed E-state index contributed by atoms with van der Waals surface area (Å²) in [6, 6.07) is 2.14. The summed E-state index contributed by atoms with van der Waals surface area (Å²) in [5, 5.41) is 4.47. The van der Waals surface area contributed by atoms with Gasteiger partial charge in [-0.05, 0) is 40.9 Å². The second kappa shape index (κ2) is 6.03. The van der Waals surface area contributed by atoms with Gasteiger partial charge in [0.15, 0.2) is 5.06 Å². The number of hydrogen-bond donors (Lipinski definition) is 1. The van der Waals surface area contributed by atoms with Gasteiger partial charge in [0.05, 0.1) is 11.6 Å². The third-order valence-electron chi connectivity index (χ3n) is 3.15. The predicted molar refractivity (Wildman–Crippen MR) is 72.2 cm³/mol. The summed E-state index contributed by atoms with van der Waals surface area (Å²) >= 11 is 5.19. The fourth-order valence-electron chi connectivity index (χ4n) is 1.92. The van der Waals surface area contributed by atoms with Crippen LogP contribution in [0, 0.1) is 5.92 Å². The fourth-order valence-corrected chi connectivity index (χ4v) is 3.58. The van der Waals surface area contributed by atoms with Crippen LogP contribution in [-0.4, -0.2) is 13.7 Å². The number of methoxy groups -OCH3 is 1. The summed E-state index contributed by atoms with van der Waals surface area (Å²) in [5.74, 6) is 0.997. The van der Waals surface area contributed by atoms with E-state index in [1.165, 1.54) is 30.6 Å². The highest BCUT2D eigenvalue weighted by Crippen LogP contribution is 2.34. The Hall–Kier alpha value is -0.0600. The zero-order valence-electron chi connectivity index (χ0n) is 9.59. The number of halogens is 1. The van der Waals surface area contributed by atoms with E-state index in [0.717, 1.165) is 28.5 Å². The van der Waals surface area contributed by atoms with Crippen LogP contribution in [0.25, 0.3) is 0 Å². The molecule has 2 rings (SSSR count). The van der Waals surface area contributed by atoms with Crippen molar-refractivity contribution in [3.8, 4) is 5.06 Å². The van der Waals surface area contributed by atoms with Gasteiger partial charge in [-0.25, -0.2) is 0 Å². The van der Waals surface area contributed by atoms with E-state index in [9.17, 15) is 0 Å². The topological polar surface area (TPSA) is 21.3 Å². The molecular formula is C12H18BrNOS. The van der Waals surface area contributed by atoms with Crippen LogP contribution < -0.4 is 10.1 Å². The van der Waals surface area contributed by atoms with Crippen molar-refractivity contribution in [1.82, 2.24) is 5.32 Å². The lowest BCUT2D eigenvalue weighted by atomic mass is 9.83. The molecule has 1 aromatic heterocycles. The smallest absolute Gasteiger partial charge is 0.188 e. The Morgan fingerprint density at radius 2 is 2.38 bits per heavy atom. The Labute approximate surface area is 110 Å². The molecule has 0 saturated heterocycles. The second-order valence-corrected chi connectivity index (χ2v) is 6.27. The normalized spacial score (nSPS) is 16.1. The molecule has 1 aliphatic rings. The monoisotopic (exact) mass is 303 g/mol. The van der Waals surface area contributed by atoms with E-state index in [1.807, 2.05) is 0 Å². The molecular weight excluding hydrogens is 286 g/mol. The highest BCUT2D eigenvalue weighted by Gasteiger charge is 2.16. The van der Waals surface area contributed by atoms with Gasteiger partial charge in [-0.1, -0.05) is 19.3 Å². The van der Waals surface area contributed by atoms with Crippen molar-refractivity contribution in [2.45, 2.75) is 32.2 Å². The van der Waals surface area contributed by atoms with Gasteiger partial charge >= 0.3 is 0 Å². The lowest BCUT2D eigenvalue weighted by Gasteiger charge is -2.25. The van der Waals surface area contributed by atoms with Crippen molar-refractivity contribution >= 4 is 27.3 Å². The predicted octanol–water partition coefficient (Wildman–Crippen LogP) is 3.80. The van der Waals surface area contributed by atoms with Crippen LogP contribution in [0.1, 0.15) is 30.6 Å². The van der Waals surface area contributed by atoms with Gasteiger partial charge in [-0.2, -0.15) is 0 Å². The average Bonchev–Trinajstić information content (AvgIpc) is 2.56.